The third-order valence-electron chi connectivity index (χ3n) is 5.88. The van der Waals surface area contributed by atoms with E-state index in [0.29, 0.717) is 22.9 Å². The monoisotopic (exact) mass is 552 g/mol. The number of nitrogens with zero attached hydrogens (tertiary/aromatic N) is 4. The van der Waals surface area contributed by atoms with Gasteiger partial charge in [0.15, 0.2) is 0 Å². The van der Waals surface area contributed by atoms with E-state index in [0.717, 1.165) is 31.7 Å². The third-order valence-corrected chi connectivity index (χ3v) is 6.04. The second-order valence-electron chi connectivity index (χ2n) is 8.78. The molecular formula is C28H33ClN6O4. The van der Waals surface area contributed by atoms with E-state index in [1.807, 2.05) is 11.0 Å². The number of hydrogen-bond acceptors (Lipinski definition) is 6. The van der Waals surface area contributed by atoms with Crippen molar-refractivity contribution in [2.24, 2.45) is 9.98 Å². The summed E-state index contributed by atoms with van der Waals surface area (Å²) in [6.07, 6.45) is 1.45. The Hall–Kier alpha value is -4.15. The number of nitrogens with one attached hydrogen (secondary N) is 2. The quantitative estimate of drug-likeness (QED) is 0.210. The molecule has 0 bridgehead atoms. The van der Waals surface area contributed by atoms with E-state index in [1.54, 1.807) is 50.4 Å². The summed E-state index contributed by atoms with van der Waals surface area (Å²) < 4.78 is 11.4. The molecule has 1 saturated heterocycles. The minimum absolute atomic E-state index is 0.0760. The number of rotatable bonds is 9. The Kier molecular flexibility index (Phi) is 10.7. The lowest BCUT2D eigenvalue weighted by molar-refractivity contribution is -0.132. The molecule has 2 aromatic carbocycles. The maximum atomic E-state index is 12.8. The topological polar surface area (TPSA) is 108 Å². The molecule has 1 heterocycles. The number of hydrogen-bond donors (Lipinski definition) is 2. The van der Waals surface area contributed by atoms with E-state index in [4.69, 9.17) is 21.1 Å². The van der Waals surface area contributed by atoms with Crippen molar-refractivity contribution in [3.8, 4) is 11.5 Å². The van der Waals surface area contributed by atoms with Crippen LogP contribution in [0, 0.1) is 0 Å². The largest absolute Gasteiger partial charge is 0.495 e. The lowest BCUT2D eigenvalue weighted by atomic mass is 10.1. The highest BCUT2D eigenvalue weighted by Gasteiger charge is 2.20. The predicted octanol–water partition coefficient (Wildman–Crippen LogP) is 4.11. The molecule has 3 rings (SSSR count). The van der Waals surface area contributed by atoms with Gasteiger partial charge in [-0.15, -0.1) is 0 Å². The van der Waals surface area contributed by atoms with Crippen molar-refractivity contribution in [2.75, 3.05) is 51.0 Å². The van der Waals surface area contributed by atoms with Gasteiger partial charge in [0, 0.05) is 37.9 Å². The first-order chi connectivity index (χ1) is 18.7. The van der Waals surface area contributed by atoms with Gasteiger partial charge in [-0.25, -0.2) is 4.99 Å². The molecule has 11 heteroatoms. The smallest absolute Gasteiger partial charge is 0.247 e. The number of benzene rings is 2. The number of guanidine groups is 1. The lowest BCUT2D eigenvalue weighted by Crippen LogP contribution is -2.47. The Labute approximate surface area is 233 Å². The summed E-state index contributed by atoms with van der Waals surface area (Å²) in [6.45, 7) is 11.8. The number of allylic oxidation sites excluding steroid dienone is 1. The molecule has 0 saturated carbocycles. The molecule has 0 atom stereocenters. The summed E-state index contributed by atoms with van der Waals surface area (Å²) in [6, 6.07) is 12.2. The van der Waals surface area contributed by atoms with Gasteiger partial charge in [0.2, 0.25) is 23.7 Å². The van der Waals surface area contributed by atoms with Gasteiger partial charge >= 0.3 is 0 Å². The number of carbonyl (C=O) groups excluding carboxylic acids is 2. The molecule has 2 aromatic rings. The summed E-state index contributed by atoms with van der Waals surface area (Å²) >= 11 is 6.26. The molecule has 1 aliphatic heterocycles. The SMILES string of the molecule is C=CC(=O)Nc1cccc(OC(/N=C(\N=C)Nc2ccc(CC(=O)N3CCN(C)CC3)cc2OC)=C(/C)Cl)c1. The van der Waals surface area contributed by atoms with Gasteiger partial charge in [-0.3, -0.25) is 9.59 Å². The van der Waals surface area contributed by atoms with E-state index < -0.39 is 0 Å². The van der Waals surface area contributed by atoms with Gasteiger partial charge in [-0.1, -0.05) is 30.3 Å². The van der Waals surface area contributed by atoms with Crippen molar-refractivity contribution in [1.29, 1.82) is 0 Å². The number of piperazine rings is 1. The molecule has 39 heavy (non-hydrogen) atoms. The Balaban J connectivity index is 1.74. The van der Waals surface area contributed by atoms with Crippen LogP contribution < -0.4 is 20.1 Å². The fraction of sp³-hybridized carbons (Fsp3) is 0.286. The number of likely N-dealkylation sites (N-methyl/N-ethyl adjacent to an activating group) is 1. The van der Waals surface area contributed by atoms with E-state index in [9.17, 15) is 9.59 Å². The van der Waals surface area contributed by atoms with Crippen LogP contribution in [0.25, 0.3) is 0 Å². The van der Waals surface area contributed by atoms with Crippen LogP contribution >= 0.6 is 11.6 Å². The second-order valence-corrected chi connectivity index (χ2v) is 9.34. The molecular weight excluding hydrogens is 520 g/mol. The molecule has 2 amide bonds. The van der Waals surface area contributed by atoms with Gasteiger partial charge in [-0.05, 0) is 56.6 Å². The summed E-state index contributed by atoms with van der Waals surface area (Å²) in [5.74, 6) is 0.826. The van der Waals surface area contributed by atoms with Gasteiger partial charge in [0.1, 0.15) is 11.5 Å². The molecule has 206 valence electrons. The molecule has 0 radical (unpaired) electrons. The van der Waals surface area contributed by atoms with Crippen molar-refractivity contribution in [1.82, 2.24) is 9.80 Å². The zero-order chi connectivity index (χ0) is 28.4. The van der Waals surface area contributed by atoms with Crippen LogP contribution in [0.5, 0.6) is 11.5 Å². The van der Waals surface area contributed by atoms with Gasteiger partial charge in [0.25, 0.3) is 0 Å². The van der Waals surface area contributed by atoms with Crippen molar-refractivity contribution in [3.05, 3.63) is 71.6 Å². The Morgan fingerprint density at radius 3 is 2.51 bits per heavy atom. The molecule has 2 N–H and O–H groups in total. The van der Waals surface area contributed by atoms with Crippen molar-refractivity contribution in [2.45, 2.75) is 13.3 Å². The number of anilines is 2. The van der Waals surface area contributed by atoms with Crippen LogP contribution in [0.2, 0.25) is 0 Å². The van der Waals surface area contributed by atoms with Gasteiger partial charge in [-0.2, -0.15) is 4.99 Å². The Bertz CT molecular complexity index is 1280. The number of ether oxygens (including phenoxy) is 2. The standard InChI is InChI=1S/C28H33ClN6O4/c1-6-25(36)31-21-8-7-9-22(18-21)39-27(19(2)29)33-28(30-3)32-23-11-10-20(16-24(23)38-5)17-26(37)35-14-12-34(4)13-15-35/h6-11,16,18H,1,3,12-15,17H2,2,4-5H3,(H,31,36)(H,32,33)/b27-19-. The van der Waals surface area contributed by atoms with Crippen molar-refractivity contribution >= 4 is 47.5 Å². The first kappa shape index (κ1) is 29.4. The molecule has 1 aliphatic rings. The highest BCUT2D eigenvalue weighted by atomic mass is 35.5. The fourth-order valence-corrected chi connectivity index (χ4v) is 3.80. The van der Waals surface area contributed by atoms with Crippen LogP contribution in [-0.2, 0) is 16.0 Å². The molecule has 0 aromatic heterocycles. The maximum absolute atomic E-state index is 12.8. The van der Waals surface area contributed by atoms with Crippen LogP contribution in [0.4, 0.5) is 11.4 Å². The normalized spacial score (nSPS) is 14.7. The van der Waals surface area contributed by atoms with Crippen LogP contribution in [0.3, 0.4) is 0 Å². The third kappa shape index (κ3) is 8.69. The number of carbonyl (C=O) groups is 2. The summed E-state index contributed by atoms with van der Waals surface area (Å²) in [5.41, 5.74) is 1.92. The molecule has 0 unspecified atom stereocenters. The highest BCUT2D eigenvalue weighted by molar-refractivity contribution is 6.29. The van der Waals surface area contributed by atoms with Gasteiger partial charge in [0.05, 0.1) is 24.3 Å². The lowest BCUT2D eigenvalue weighted by Gasteiger charge is -2.32. The number of halogens is 1. The Morgan fingerprint density at radius 2 is 1.87 bits per heavy atom. The minimum atomic E-state index is -0.347. The molecule has 1 fully saturated rings. The van der Waals surface area contributed by atoms with E-state index in [1.165, 1.54) is 6.08 Å². The first-order valence-corrected chi connectivity index (χ1v) is 12.6. The minimum Gasteiger partial charge on any atom is -0.495 e. The van der Waals surface area contributed by atoms with E-state index >= 15 is 0 Å². The zero-order valence-corrected chi connectivity index (χ0v) is 23.1. The summed E-state index contributed by atoms with van der Waals surface area (Å²) in [7, 11) is 3.59. The van der Waals surface area contributed by atoms with Crippen molar-refractivity contribution < 1.29 is 19.1 Å². The second kappa shape index (κ2) is 14.1. The van der Waals surface area contributed by atoms with Crippen molar-refractivity contribution in [3.63, 3.8) is 0 Å². The molecule has 10 nitrogen and oxygen atoms in total. The average molecular weight is 553 g/mol. The van der Waals surface area contributed by atoms with Crippen LogP contribution in [0.1, 0.15) is 12.5 Å². The van der Waals surface area contributed by atoms with Crippen LogP contribution in [0.15, 0.2) is 76.0 Å². The molecule has 0 aliphatic carbocycles. The predicted molar refractivity (Wildman–Crippen MR) is 156 cm³/mol. The summed E-state index contributed by atoms with van der Waals surface area (Å²) in [5, 5.41) is 6.00. The van der Waals surface area contributed by atoms with E-state index in [2.05, 4.69) is 45.9 Å². The summed E-state index contributed by atoms with van der Waals surface area (Å²) in [4.78, 5) is 36.8. The zero-order valence-electron chi connectivity index (χ0n) is 22.4. The Morgan fingerprint density at radius 1 is 1.13 bits per heavy atom. The van der Waals surface area contributed by atoms with Crippen LogP contribution in [-0.4, -0.2) is 74.6 Å². The fourth-order valence-electron chi connectivity index (χ4n) is 3.72. The van der Waals surface area contributed by atoms with E-state index in [-0.39, 0.29) is 35.1 Å². The number of methoxy groups -OCH3 is 1. The first-order valence-electron chi connectivity index (χ1n) is 12.3. The average Bonchev–Trinajstić information content (AvgIpc) is 2.93. The number of aliphatic imine (C=N–C) groups is 2. The highest BCUT2D eigenvalue weighted by Crippen LogP contribution is 2.27. The maximum Gasteiger partial charge on any atom is 0.247 e. The van der Waals surface area contributed by atoms with Gasteiger partial charge < -0.3 is 29.9 Å². The molecule has 0 spiro atoms. The number of amides is 2.